The van der Waals surface area contributed by atoms with E-state index in [2.05, 4.69) is 4.98 Å². The standard InChI is InChI=1S/C18H14F2N4OS/c1-10-12(18(22)25)7-16(15-9-26-17(23-15)4-5-21)24(10)8-11-2-3-13(19)14(20)6-11/h2-3,6-7,9H,4,8H2,1H3,(H2,22,25). The number of nitriles is 1. The molecule has 5 nitrogen and oxygen atoms in total. The summed E-state index contributed by atoms with van der Waals surface area (Å²) in [6.07, 6.45) is 0.191. The van der Waals surface area contributed by atoms with Crippen LogP contribution in [0.25, 0.3) is 11.4 Å². The van der Waals surface area contributed by atoms with Gasteiger partial charge in [0.15, 0.2) is 11.6 Å². The minimum Gasteiger partial charge on any atom is -0.366 e. The first-order valence-electron chi connectivity index (χ1n) is 7.66. The molecular formula is C18H14F2N4OS. The fourth-order valence-electron chi connectivity index (χ4n) is 2.71. The first kappa shape index (κ1) is 17.8. The molecule has 0 atom stereocenters. The fourth-order valence-corrected chi connectivity index (χ4v) is 3.43. The number of nitrogens with two attached hydrogens (primary N) is 1. The average molecular weight is 372 g/mol. The fraction of sp³-hybridized carbons (Fsp3) is 0.167. The summed E-state index contributed by atoms with van der Waals surface area (Å²) >= 11 is 1.34. The van der Waals surface area contributed by atoms with Gasteiger partial charge in [0.25, 0.3) is 5.91 Å². The highest BCUT2D eigenvalue weighted by molar-refractivity contribution is 7.10. The molecule has 8 heteroatoms. The van der Waals surface area contributed by atoms with Gasteiger partial charge in [-0.25, -0.2) is 13.8 Å². The van der Waals surface area contributed by atoms with Crippen molar-refractivity contribution in [1.29, 1.82) is 5.26 Å². The van der Waals surface area contributed by atoms with Crippen molar-refractivity contribution >= 4 is 17.2 Å². The summed E-state index contributed by atoms with van der Waals surface area (Å²) < 4.78 is 28.5. The van der Waals surface area contributed by atoms with Crippen LogP contribution in [0.15, 0.2) is 29.6 Å². The van der Waals surface area contributed by atoms with Gasteiger partial charge in [-0.1, -0.05) is 6.07 Å². The van der Waals surface area contributed by atoms with Crippen LogP contribution in [-0.2, 0) is 13.0 Å². The minimum atomic E-state index is -0.936. The van der Waals surface area contributed by atoms with Gasteiger partial charge < -0.3 is 10.3 Å². The molecule has 0 saturated carbocycles. The van der Waals surface area contributed by atoms with Crippen LogP contribution in [0, 0.1) is 29.9 Å². The van der Waals surface area contributed by atoms with E-state index in [9.17, 15) is 13.6 Å². The number of carbonyl (C=O) groups is 1. The van der Waals surface area contributed by atoms with E-state index in [1.807, 2.05) is 6.07 Å². The van der Waals surface area contributed by atoms with Crippen LogP contribution in [-0.4, -0.2) is 15.5 Å². The predicted molar refractivity (Wildman–Crippen MR) is 93.6 cm³/mol. The molecule has 0 spiro atoms. The van der Waals surface area contributed by atoms with E-state index in [1.165, 1.54) is 17.4 Å². The Balaban J connectivity index is 2.08. The molecule has 0 aliphatic carbocycles. The molecule has 26 heavy (non-hydrogen) atoms. The van der Waals surface area contributed by atoms with Crippen molar-refractivity contribution in [2.24, 2.45) is 5.73 Å². The second kappa shape index (κ2) is 7.06. The third-order valence-corrected chi connectivity index (χ3v) is 4.85. The Labute approximate surface area is 152 Å². The lowest BCUT2D eigenvalue weighted by atomic mass is 10.2. The number of carbonyl (C=O) groups excluding carboxylic acids is 1. The van der Waals surface area contributed by atoms with Crippen LogP contribution in [0.4, 0.5) is 8.78 Å². The van der Waals surface area contributed by atoms with E-state index in [4.69, 9.17) is 11.0 Å². The van der Waals surface area contributed by atoms with Crippen LogP contribution < -0.4 is 5.73 Å². The molecule has 3 rings (SSSR count). The Bertz CT molecular complexity index is 1030. The van der Waals surface area contributed by atoms with Gasteiger partial charge in [-0.15, -0.1) is 11.3 Å². The van der Waals surface area contributed by atoms with E-state index in [0.29, 0.717) is 33.2 Å². The zero-order chi connectivity index (χ0) is 18.8. The molecule has 0 bridgehead atoms. The second-order valence-corrected chi connectivity index (χ2v) is 6.63. The minimum absolute atomic E-state index is 0.191. The molecule has 0 unspecified atom stereocenters. The highest BCUT2D eigenvalue weighted by Crippen LogP contribution is 2.28. The third kappa shape index (κ3) is 3.34. The van der Waals surface area contributed by atoms with Crippen LogP contribution in [0.2, 0.25) is 0 Å². The van der Waals surface area contributed by atoms with Crippen molar-refractivity contribution < 1.29 is 13.6 Å². The molecule has 0 aliphatic rings. The zero-order valence-corrected chi connectivity index (χ0v) is 14.6. The van der Waals surface area contributed by atoms with Crippen molar-refractivity contribution in [2.75, 3.05) is 0 Å². The van der Waals surface area contributed by atoms with Crippen molar-refractivity contribution in [3.63, 3.8) is 0 Å². The SMILES string of the molecule is Cc1c(C(N)=O)cc(-c2csc(CC#N)n2)n1Cc1ccc(F)c(F)c1. The number of hydrogen-bond acceptors (Lipinski definition) is 4. The molecule has 0 radical (unpaired) electrons. The number of amides is 1. The summed E-state index contributed by atoms with van der Waals surface area (Å²) in [5.41, 5.74) is 8.13. The second-order valence-electron chi connectivity index (χ2n) is 5.69. The number of primary amides is 1. The van der Waals surface area contributed by atoms with Crippen molar-refractivity contribution in [3.8, 4) is 17.5 Å². The van der Waals surface area contributed by atoms with Gasteiger partial charge in [0.2, 0.25) is 0 Å². The first-order valence-corrected chi connectivity index (χ1v) is 8.54. The monoisotopic (exact) mass is 372 g/mol. The summed E-state index contributed by atoms with van der Waals surface area (Å²) in [5, 5.41) is 11.2. The van der Waals surface area contributed by atoms with E-state index in [0.717, 1.165) is 12.1 Å². The van der Waals surface area contributed by atoms with Crippen LogP contribution in [0.5, 0.6) is 0 Å². The van der Waals surface area contributed by atoms with E-state index >= 15 is 0 Å². The summed E-state index contributed by atoms with van der Waals surface area (Å²) in [4.78, 5) is 16.1. The summed E-state index contributed by atoms with van der Waals surface area (Å²) in [6, 6.07) is 7.32. The molecule has 2 aromatic heterocycles. The first-order chi connectivity index (χ1) is 12.4. The van der Waals surface area contributed by atoms with E-state index < -0.39 is 17.5 Å². The Morgan fingerprint density at radius 2 is 2.12 bits per heavy atom. The Morgan fingerprint density at radius 1 is 1.35 bits per heavy atom. The number of rotatable bonds is 5. The van der Waals surface area contributed by atoms with Gasteiger partial charge in [-0.2, -0.15) is 5.26 Å². The van der Waals surface area contributed by atoms with Gasteiger partial charge in [0, 0.05) is 17.6 Å². The largest absolute Gasteiger partial charge is 0.366 e. The summed E-state index contributed by atoms with van der Waals surface area (Å²) in [6.45, 7) is 1.95. The molecule has 0 aliphatic heterocycles. The van der Waals surface area contributed by atoms with Gasteiger partial charge in [-0.3, -0.25) is 4.79 Å². The highest BCUT2D eigenvalue weighted by atomic mass is 32.1. The predicted octanol–water partition coefficient (Wildman–Crippen LogP) is 3.41. The highest BCUT2D eigenvalue weighted by Gasteiger charge is 2.19. The molecule has 0 fully saturated rings. The molecule has 132 valence electrons. The van der Waals surface area contributed by atoms with Gasteiger partial charge in [0.1, 0.15) is 5.01 Å². The van der Waals surface area contributed by atoms with Gasteiger partial charge in [-0.05, 0) is 30.7 Å². The number of nitrogens with zero attached hydrogens (tertiary/aromatic N) is 3. The Hall–Kier alpha value is -3.05. The van der Waals surface area contributed by atoms with Gasteiger partial charge in [0.05, 0.1) is 29.4 Å². The number of thiazole rings is 1. The lowest BCUT2D eigenvalue weighted by Gasteiger charge is -2.11. The Kier molecular flexibility index (Phi) is 4.82. The van der Waals surface area contributed by atoms with Crippen LogP contribution in [0.1, 0.15) is 26.6 Å². The van der Waals surface area contributed by atoms with E-state index in [1.54, 1.807) is 22.9 Å². The van der Waals surface area contributed by atoms with Crippen LogP contribution >= 0.6 is 11.3 Å². The lowest BCUT2D eigenvalue weighted by molar-refractivity contribution is 0.0999. The molecule has 3 aromatic rings. The quantitative estimate of drug-likeness (QED) is 0.745. The molecular weight excluding hydrogens is 358 g/mol. The maximum atomic E-state index is 13.5. The molecule has 1 aromatic carbocycles. The maximum Gasteiger partial charge on any atom is 0.250 e. The normalized spacial score (nSPS) is 10.7. The van der Waals surface area contributed by atoms with Gasteiger partial charge >= 0.3 is 0 Å². The number of hydrogen-bond donors (Lipinski definition) is 1. The zero-order valence-electron chi connectivity index (χ0n) is 13.8. The molecule has 1 amide bonds. The topological polar surface area (TPSA) is 84.7 Å². The Morgan fingerprint density at radius 3 is 2.77 bits per heavy atom. The van der Waals surface area contributed by atoms with Crippen molar-refractivity contribution in [3.05, 3.63) is 63.1 Å². The maximum absolute atomic E-state index is 13.5. The van der Waals surface area contributed by atoms with Crippen molar-refractivity contribution in [2.45, 2.75) is 19.9 Å². The number of benzene rings is 1. The summed E-state index contributed by atoms with van der Waals surface area (Å²) in [7, 11) is 0. The third-order valence-electron chi connectivity index (χ3n) is 4.00. The lowest BCUT2D eigenvalue weighted by Crippen LogP contribution is -2.13. The van der Waals surface area contributed by atoms with E-state index in [-0.39, 0.29) is 13.0 Å². The smallest absolute Gasteiger partial charge is 0.250 e. The molecule has 0 saturated heterocycles. The molecule has 2 N–H and O–H groups in total. The number of aromatic nitrogens is 2. The summed E-state index contributed by atoms with van der Waals surface area (Å²) in [5.74, 6) is -2.44. The number of halogens is 2. The average Bonchev–Trinajstić information content (AvgIpc) is 3.17. The molecule has 2 heterocycles. The van der Waals surface area contributed by atoms with Crippen molar-refractivity contribution in [1.82, 2.24) is 9.55 Å². The van der Waals surface area contributed by atoms with Crippen LogP contribution in [0.3, 0.4) is 0 Å².